The lowest BCUT2D eigenvalue weighted by molar-refractivity contribution is -0.118. The third-order valence-corrected chi connectivity index (χ3v) is 7.70. The van der Waals surface area contributed by atoms with Crippen molar-refractivity contribution in [1.82, 2.24) is 4.98 Å². The number of fused-ring (bicyclic) bond motifs is 1. The molecule has 4 nitrogen and oxygen atoms in total. The fourth-order valence-electron chi connectivity index (χ4n) is 3.13. The second-order valence-electron chi connectivity index (χ2n) is 7.04. The molecule has 32 heavy (non-hydrogen) atoms. The first-order valence-corrected chi connectivity index (χ1v) is 11.8. The van der Waals surface area contributed by atoms with E-state index in [1.54, 1.807) is 37.3 Å². The van der Waals surface area contributed by atoms with Crippen LogP contribution in [0.25, 0.3) is 20.8 Å². The Hall–Kier alpha value is -2.02. The fourth-order valence-corrected chi connectivity index (χ4v) is 5.28. The van der Waals surface area contributed by atoms with Crippen LogP contribution >= 0.6 is 57.7 Å². The summed E-state index contributed by atoms with van der Waals surface area (Å²) in [6.45, 7) is 3.24. The van der Waals surface area contributed by atoms with Crippen LogP contribution in [0.3, 0.4) is 0 Å². The molecule has 0 radical (unpaired) electrons. The van der Waals surface area contributed by atoms with Gasteiger partial charge in [0.05, 0.1) is 25.3 Å². The van der Waals surface area contributed by atoms with E-state index in [-0.39, 0.29) is 28.3 Å². The van der Waals surface area contributed by atoms with E-state index >= 15 is 0 Å². The summed E-state index contributed by atoms with van der Waals surface area (Å²) in [7, 11) is 0. The minimum Gasteiger partial charge on any atom is -0.481 e. The Balaban J connectivity index is 1.47. The molecule has 0 unspecified atom stereocenters. The van der Waals surface area contributed by atoms with E-state index in [0.717, 1.165) is 20.8 Å². The predicted octanol–water partition coefficient (Wildman–Crippen LogP) is 8.21. The number of hydrogen-bond donors (Lipinski definition) is 1. The SMILES string of the molecule is Cc1c(Cl)c(C)c(Cl)c(OCC(=O)Nc2ccc(-c3nc4ccccc4s3)c(Cl)c2)c1Cl. The maximum Gasteiger partial charge on any atom is 0.262 e. The van der Waals surface area contributed by atoms with Crippen LogP contribution in [0, 0.1) is 13.8 Å². The maximum atomic E-state index is 12.4. The summed E-state index contributed by atoms with van der Waals surface area (Å²) in [5.41, 5.74) is 3.54. The molecule has 4 rings (SSSR count). The van der Waals surface area contributed by atoms with Gasteiger partial charge in [0.2, 0.25) is 0 Å². The molecule has 0 spiro atoms. The van der Waals surface area contributed by atoms with Crippen molar-refractivity contribution in [3.8, 4) is 16.3 Å². The molecule has 1 amide bonds. The molecule has 9 heteroatoms. The van der Waals surface area contributed by atoms with Gasteiger partial charge in [0.15, 0.2) is 12.4 Å². The number of aromatic nitrogens is 1. The minimum absolute atomic E-state index is 0.229. The van der Waals surface area contributed by atoms with Gasteiger partial charge in [-0.05, 0) is 55.3 Å². The Labute approximate surface area is 209 Å². The Bertz CT molecular complexity index is 1290. The number of anilines is 1. The topological polar surface area (TPSA) is 51.2 Å². The van der Waals surface area contributed by atoms with Gasteiger partial charge in [-0.15, -0.1) is 11.3 Å². The van der Waals surface area contributed by atoms with Gasteiger partial charge in [-0.25, -0.2) is 4.98 Å². The van der Waals surface area contributed by atoms with E-state index in [9.17, 15) is 4.79 Å². The summed E-state index contributed by atoms with van der Waals surface area (Å²) in [4.78, 5) is 17.1. The standard InChI is InChI=1S/C23H16Cl4N2O2S/c1-11-19(25)12(2)21(27)22(20(11)26)31-10-18(30)28-13-7-8-14(15(24)9-13)23-29-16-5-3-4-6-17(16)32-23/h3-9H,10H2,1-2H3,(H,28,30). The molecule has 0 aliphatic carbocycles. The second-order valence-corrected chi connectivity index (χ2v) is 9.61. The smallest absolute Gasteiger partial charge is 0.262 e. The first-order valence-electron chi connectivity index (χ1n) is 9.48. The third kappa shape index (κ3) is 4.54. The van der Waals surface area contributed by atoms with Crippen molar-refractivity contribution in [3.63, 3.8) is 0 Å². The van der Waals surface area contributed by atoms with Gasteiger partial charge in [0.25, 0.3) is 5.91 Å². The largest absolute Gasteiger partial charge is 0.481 e. The van der Waals surface area contributed by atoms with Crippen molar-refractivity contribution in [2.24, 2.45) is 0 Å². The van der Waals surface area contributed by atoms with Crippen molar-refractivity contribution in [3.05, 3.63) is 73.7 Å². The van der Waals surface area contributed by atoms with E-state index in [1.165, 1.54) is 0 Å². The van der Waals surface area contributed by atoms with Gasteiger partial charge in [-0.3, -0.25) is 4.79 Å². The fraction of sp³-hybridized carbons (Fsp3) is 0.130. The summed E-state index contributed by atoms with van der Waals surface area (Å²) in [5, 5.41) is 5.09. The Morgan fingerprint density at radius 1 is 1.00 bits per heavy atom. The number of rotatable bonds is 5. The number of halogens is 4. The number of benzene rings is 3. The van der Waals surface area contributed by atoms with Gasteiger partial charge >= 0.3 is 0 Å². The van der Waals surface area contributed by atoms with Crippen LogP contribution in [0.5, 0.6) is 5.75 Å². The normalized spacial score (nSPS) is 11.1. The maximum absolute atomic E-state index is 12.4. The Morgan fingerprint density at radius 2 is 1.69 bits per heavy atom. The number of nitrogens with zero attached hydrogens (tertiary/aromatic N) is 1. The van der Waals surface area contributed by atoms with Crippen molar-refractivity contribution < 1.29 is 9.53 Å². The number of hydrogen-bond acceptors (Lipinski definition) is 4. The van der Waals surface area contributed by atoms with Gasteiger partial charge in [0, 0.05) is 16.3 Å². The lowest BCUT2D eigenvalue weighted by Crippen LogP contribution is -2.20. The van der Waals surface area contributed by atoms with Crippen molar-refractivity contribution in [2.45, 2.75) is 13.8 Å². The highest BCUT2D eigenvalue weighted by molar-refractivity contribution is 7.21. The van der Waals surface area contributed by atoms with Crippen LogP contribution in [-0.4, -0.2) is 17.5 Å². The van der Waals surface area contributed by atoms with Crippen LogP contribution in [0.4, 0.5) is 5.69 Å². The van der Waals surface area contributed by atoms with E-state index in [1.807, 2.05) is 30.3 Å². The zero-order chi connectivity index (χ0) is 23.0. The number of nitrogens with one attached hydrogen (secondary N) is 1. The van der Waals surface area contributed by atoms with E-state index in [4.69, 9.17) is 51.1 Å². The monoisotopic (exact) mass is 524 g/mol. The number of para-hydroxylation sites is 1. The molecule has 0 saturated heterocycles. The molecular weight excluding hydrogens is 510 g/mol. The van der Waals surface area contributed by atoms with Gasteiger partial charge in [0.1, 0.15) is 5.01 Å². The predicted molar refractivity (Wildman–Crippen MR) is 135 cm³/mol. The highest BCUT2D eigenvalue weighted by Gasteiger charge is 2.19. The number of amides is 1. The average molecular weight is 526 g/mol. The van der Waals surface area contributed by atoms with Crippen molar-refractivity contribution in [2.75, 3.05) is 11.9 Å². The second kappa shape index (κ2) is 9.46. The van der Waals surface area contributed by atoms with Crippen molar-refractivity contribution >= 4 is 79.6 Å². The molecule has 0 aliphatic heterocycles. The molecular formula is C23H16Cl4N2O2S. The molecule has 1 aromatic heterocycles. The number of carbonyl (C=O) groups is 1. The minimum atomic E-state index is -0.383. The van der Waals surface area contributed by atoms with Crippen LogP contribution in [0.2, 0.25) is 20.1 Å². The molecule has 4 aromatic rings. The average Bonchev–Trinajstić information content (AvgIpc) is 3.20. The zero-order valence-corrected chi connectivity index (χ0v) is 20.8. The van der Waals surface area contributed by atoms with E-state index in [2.05, 4.69) is 10.3 Å². The van der Waals surface area contributed by atoms with E-state index in [0.29, 0.717) is 26.9 Å². The van der Waals surface area contributed by atoms with Crippen molar-refractivity contribution in [1.29, 1.82) is 0 Å². The summed E-state index contributed by atoms with van der Waals surface area (Å²) in [5.74, 6) is -0.154. The summed E-state index contributed by atoms with van der Waals surface area (Å²) >= 11 is 26.8. The van der Waals surface area contributed by atoms with Crippen LogP contribution in [0.15, 0.2) is 42.5 Å². The summed E-state index contributed by atoms with van der Waals surface area (Å²) in [6, 6.07) is 13.2. The first kappa shape index (κ1) is 23.1. The molecule has 164 valence electrons. The highest BCUT2D eigenvalue weighted by atomic mass is 35.5. The zero-order valence-electron chi connectivity index (χ0n) is 16.9. The third-order valence-electron chi connectivity index (χ3n) is 4.84. The lowest BCUT2D eigenvalue weighted by Gasteiger charge is -2.15. The Kier molecular flexibility index (Phi) is 6.84. The van der Waals surface area contributed by atoms with Crippen LogP contribution in [0.1, 0.15) is 11.1 Å². The molecule has 3 aromatic carbocycles. The summed E-state index contributed by atoms with van der Waals surface area (Å²) < 4.78 is 6.68. The van der Waals surface area contributed by atoms with Gasteiger partial charge < -0.3 is 10.1 Å². The number of carbonyl (C=O) groups excluding carboxylic acids is 1. The quantitative estimate of drug-likeness (QED) is 0.285. The molecule has 0 atom stereocenters. The number of ether oxygens (including phenoxy) is 1. The van der Waals surface area contributed by atoms with Crippen LogP contribution in [-0.2, 0) is 4.79 Å². The van der Waals surface area contributed by atoms with E-state index < -0.39 is 0 Å². The number of thiazole rings is 1. The molecule has 0 fully saturated rings. The molecule has 0 aliphatic rings. The molecule has 0 saturated carbocycles. The highest BCUT2D eigenvalue weighted by Crippen LogP contribution is 2.42. The molecule has 0 bridgehead atoms. The Morgan fingerprint density at radius 3 is 2.34 bits per heavy atom. The van der Waals surface area contributed by atoms with Crippen LogP contribution < -0.4 is 10.1 Å². The van der Waals surface area contributed by atoms with Gasteiger partial charge in [-0.2, -0.15) is 0 Å². The molecule has 1 heterocycles. The first-order chi connectivity index (χ1) is 15.3. The molecule has 1 N–H and O–H groups in total. The lowest BCUT2D eigenvalue weighted by atomic mass is 10.1. The van der Waals surface area contributed by atoms with Gasteiger partial charge in [-0.1, -0.05) is 58.5 Å². The summed E-state index contributed by atoms with van der Waals surface area (Å²) in [6.07, 6.45) is 0.